The minimum atomic E-state index is 0.319. The lowest BCUT2D eigenvalue weighted by molar-refractivity contribution is 0.753. The van der Waals surface area contributed by atoms with Crippen molar-refractivity contribution in [2.45, 2.75) is 42.5 Å². The molecule has 19 heavy (non-hydrogen) atoms. The lowest BCUT2D eigenvalue weighted by Gasteiger charge is -2.10. The number of hydrogen-bond acceptors (Lipinski definition) is 6. The molecular weight excluding hydrogens is 276 g/mol. The third-order valence-electron chi connectivity index (χ3n) is 2.39. The zero-order valence-electron chi connectivity index (χ0n) is 11.4. The van der Waals surface area contributed by atoms with Crippen molar-refractivity contribution in [1.29, 1.82) is 0 Å². The maximum atomic E-state index is 4.59. The SMILES string of the molecule is CCCNc1cc(Sc2nccs2)nc(C(C)C)n1. The molecule has 0 saturated heterocycles. The molecule has 2 aromatic heterocycles. The second-order valence-corrected chi connectivity index (χ2v) is 6.59. The van der Waals surface area contributed by atoms with Crippen LogP contribution in [0, 0.1) is 0 Å². The number of thiazole rings is 1. The average Bonchev–Trinajstić information content (AvgIpc) is 2.89. The highest BCUT2D eigenvalue weighted by Crippen LogP contribution is 2.29. The minimum Gasteiger partial charge on any atom is -0.370 e. The standard InChI is InChI=1S/C13H18N4S2/c1-4-5-14-10-8-11(17-12(16-10)9(2)3)19-13-15-6-7-18-13/h6-9H,4-5H2,1-3H3,(H,14,16,17). The van der Waals surface area contributed by atoms with E-state index in [-0.39, 0.29) is 0 Å². The zero-order valence-corrected chi connectivity index (χ0v) is 13.0. The highest BCUT2D eigenvalue weighted by atomic mass is 32.2. The highest BCUT2D eigenvalue weighted by Gasteiger charge is 2.10. The van der Waals surface area contributed by atoms with Crippen molar-refractivity contribution in [1.82, 2.24) is 15.0 Å². The van der Waals surface area contributed by atoms with Crippen LogP contribution in [0.25, 0.3) is 0 Å². The second-order valence-electron chi connectivity index (χ2n) is 4.43. The van der Waals surface area contributed by atoms with Crippen molar-refractivity contribution in [2.24, 2.45) is 0 Å². The first-order chi connectivity index (χ1) is 9.19. The molecule has 0 radical (unpaired) electrons. The first kappa shape index (κ1) is 14.3. The van der Waals surface area contributed by atoms with E-state index in [1.165, 1.54) is 0 Å². The van der Waals surface area contributed by atoms with Crippen LogP contribution in [0.15, 0.2) is 27.0 Å². The van der Waals surface area contributed by atoms with Crippen molar-refractivity contribution in [3.05, 3.63) is 23.5 Å². The Labute approximate surface area is 122 Å². The Morgan fingerprint density at radius 3 is 2.84 bits per heavy atom. The molecule has 0 fully saturated rings. The van der Waals surface area contributed by atoms with Crippen molar-refractivity contribution in [2.75, 3.05) is 11.9 Å². The molecule has 0 bridgehead atoms. The number of hydrogen-bond donors (Lipinski definition) is 1. The summed E-state index contributed by atoms with van der Waals surface area (Å²) in [5.74, 6) is 2.10. The first-order valence-corrected chi connectivity index (χ1v) is 8.09. The molecule has 0 unspecified atom stereocenters. The van der Waals surface area contributed by atoms with Crippen LogP contribution in [0.1, 0.15) is 38.9 Å². The van der Waals surface area contributed by atoms with Crippen LogP contribution >= 0.6 is 23.1 Å². The fourth-order valence-corrected chi connectivity index (χ4v) is 3.02. The van der Waals surface area contributed by atoms with Gasteiger partial charge >= 0.3 is 0 Å². The molecule has 0 aliphatic heterocycles. The van der Waals surface area contributed by atoms with E-state index in [1.807, 2.05) is 17.6 Å². The van der Waals surface area contributed by atoms with Gasteiger partial charge in [0.15, 0.2) is 4.34 Å². The smallest absolute Gasteiger partial charge is 0.156 e. The Hall–Kier alpha value is -1.14. The van der Waals surface area contributed by atoms with Gasteiger partial charge in [-0.2, -0.15) is 0 Å². The Morgan fingerprint density at radius 2 is 2.21 bits per heavy atom. The summed E-state index contributed by atoms with van der Waals surface area (Å²) in [6, 6.07) is 1.99. The number of anilines is 1. The Morgan fingerprint density at radius 1 is 1.37 bits per heavy atom. The Bertz CT molecular complexity index is 511. The van der Waals surface area contributed by atoms with Gasteiger partial charge in [-0.15, -0.1) is 11.3 Å². The van der Waals surface area contributed by atoms with Gasteiger partial charge in [0.25, 0.3) is 0 Å². The monoisotopic (exact) mass is 294 g/mol. The normalized spacial score (nSPS) is 10.9. The molecule has 0 amide bonds. The van der Waals surface area contributed by atoms with E-state index in [0.717, 1.165) is 34.0 Å². The predicted octanol–water partition coefficient (Wildman–Crippen LogP) is 4.03. The summed E-state index contributed by atoms with van der Waals surface area (Å²) in [5, 5.41) is 6.25. The summed E-state index contributed by atoms with van der Waals surface area (Å²) in [4.78, 5) is 13.4. The van der Waals surface area contributed by atoms with Crippen LogP contribution in [-0.2, 0) is 0 Å². The fourth-order valence-electron chi connectivity index (χ4n) is 1.45. The fraction of sp³-hybridized carbons (Fsp3) is 0.462. The summed E-state index contributed by atoms with van der Waals surface area (Å²) in [6.45, 7) is 7.28. The van der Waals surface area contributed by atoms with E-state index in [9.17, 15) is 0 Å². The largest absolute Gasteiger partial charge is 0.370 e. The molecule has 6 heteroatoms. The molecule has 0 aromatic carbocycles. The van der Waals surface area contributed by atoms with Crippen LogP contribution in [0.5, 0.6) is 0 Å². The second kappa shape index (κ2) is 6.86. The van der Waals surface area contributed by atoms with E-state index >= 15 is 0 Å². The quantitative estimate of drug-likeness (QED) is 0.815. The molecule has 2 rings (SSSR count). The van der Waals surface area contributed by atoms with Gasteiger partial charge in [0.1, 0.15) is 16.7 Å². The third-order valence-corrected chi connectivity index (χ3v) is 4.20. The van der Waals surface area contributed by atoms with Gasteiger partial charge in [-0.3, -0.25) is 0 Å². The summed E-state index contributed by atoms with van der Waals surface area (Å²) in [6.07, 6.45) is 2.89. The van der Waals surface area contributed by atoms with Gasteiger partial charge in [-0.25, -0.2) is 15.0 Å². The summed E-state index contributed by atoms with van der Waals surface area (Å²) in [5.41, 5.74) is 0. The van der Waals surface area contributed by atoms with Crippen molar-refractivity contribution < 1.29 is 0 Å². The van der Waals surface area contributed by atoms with E-state index < -0.39 is 0 Å². The van der Waals surface area contributed by atoms with Crippen molar-refractivity contribution in [3.8, 4) is 0 Å². The van der Waals surface area contributed by atoms with Gasteiger partial charge in [0, 0.05) is 30.1 Å². The molecule has 0 aliphatic rings. The maximum Gasteiger partial charge on any atom is 0.156 e. The average molecular weight is 294 g/mol. The lowest BCUT2D eigenvalue weighted by Crippen LogP contribution is -2.06. The molecule has 4 nitrogen and oxygen atoms in total. The van der Waals surface area contributed by atoms with Crippen molar-refractivity contribution >= 4 is 28.9 Å². The van der Waals surface area contributed by atoms with Crippen LogP contribution < -0.4 is 5.32 Å². The van der Waals surface area contributed by atoms with E-state index in [2.05, 4.69) is 41.0 Å². The minimum absolute atomic E-state index is 0.319. The van der Waals surface area contributed by atoms with E-state index in [0.29, 0.717) is 5.92 Å². The first-order valence-electron chi connectivity index (χ1n) is 6.39. The van der Waals surface area contributed by atoms with Gasteiger partial charge < -0.3 is 5.32 Å². The van der Waals surface area contributed by atoms with Crippen LogP contribution in [0.2, 0.25) is 0 Å². The molecule has 1 N–H and O–H groups in total. The van der Waals surface area contributed by atoms with E-state index in [4.69, 9.17) is 0 Å². The Kier molecular flexibility index (Phi) is 5.15. The number of nitrogens with one attached hydrogen (secondary N) is 1. The molecule has 0 atom stereocenters. The number of rotatable bonds is 6. The lowest BCUT2D eigenvalue weighted by atomic mass is 10.2. The predicted molar refractivity (Wildman–Crippen MR) is 81.1 cm³/mol. The summed E-state index contributed by atoms with van der Waals surface area (Å²) < 4.78 is 1.01. The van der Waals surface area contributed by atoms with Gasteiger partial charge in [0.2, 0.25) is 0 Å². The summed E-state index contributed by atoms with van der Waals surface area (Å²) in [7, 11) is 0. The zero-order chi connectivity index (χ0) is 13.7. The van der Waals surface area contributed by atoms with Crippen LogP contribution in [0.3, 0.4) is 0 Å². The Balaban J connectivity index is 2.23. The summed E-state index contributed by atoms with van der Waals surface area (Å²) >= 11 is 3.22. The van der Waals surface area contributed by atoms with Gasteiger partial charge in [-0.1, -0.05) is 20.8 Å². The van der Waals surface area contributed by atoms with Crippen molar-refractivity contribution in [3.63, 3.8) is 0 Å². The molecule has 2 heterocycles. The third kappa shape index (κ3) is 4.18. The molecule has 0 spiro atoms. The molecular formula is C13H18N4S2. The number of nitrogens with zero attached hydrogens (tertiary/aromatic N) is 3. The molecule has 102 valence electrons. The van der Waals surface area contributed by atoms with Crippen LogP contribution in [-0.4, -0.2) is 21.5 Å². The number of aromatic nitrogens is 3. The maximum absolute atomic E-state index is 4.59. The molecule has 0 aliphatic carbocycles. The van der Waals surface area contributed by atoms with Gasteiger partial charge in [0.05, 0.1) is 0 Å². The highest BCUT2D eigenvalue weighted by molar-refractivity contribution is 8.01. The van der Waals surface area contributed by atoms with Crippen LogP contribution in [0.4, 0.5) is 5.82 Å². The van der Waals surface area contributed by atoms with Gasteiger partial charge in [-0.05, 0) is 18.2 Å². The topological polar surface area (TPSA) is 50.7 Å². The molecule has 0 saturated carbocycles. The van der Waals surface area contributed by atoms with E-state index in [1.54, 1.807) is 23.1 Å². The molecule has 2 aromatic rings.